The first-order valence-corrected chi connectivity index (χ1v) is 5.13. The fourth-order valence-corrected chi connectivity index (χ4v) is 1.71. The molecule has 0 amide bonds. The van der Waals surface area contributed by atoms with E-state index in [-0.39, 0.29) is 12.8 Å². The summed E-state index contributed by atoms with van der Waals surface area (Å²) in [6, 6.07) is 0. The molecule has 0 aromatic rings. The van der Waals surface area contributed by atoms with Crippen LogP contribution in [0.25, 0.3) is 0 Å². The van der Waals surface area contributed by atoms with Crippen molar-refractivity contribution in [3.05, 3.63) is 0 Å². The molecule has 2 saturated carbocycles. The molecule has 0 aromatic carbocycles. The molecule has 0 radical (unpaired) electrons. The molecule has 2 fully saturated rings. The van der Waals surface area contributed by atoms with Gasteiger partial charge >= 0.3 is 23.9 Å². The third-order valence-electron chi connectivity index (χ3n) is 3.02. The van der Waals surface area contributed by atoms with Gasteiger partial charge in [-0.05, 0) is 12.8 Å². The average molecular weight is 242 g/mol. The molecule has 0 spiro atoms. The Balaban J connectivity index is 1.79. The number of ether oxygens (including phenoxy) is 1. The zero-order valence-electron chi connectivity index (χ0n) is 8.66. The third kappa shape index (κ3) is 2.27. The minimum atomic E-state index is -1.09. The van der Waals surface area contributed by atoms with Crippen molar-refractivity contribution >= 4 is 23.9 Å². The van der Waals surface area contributed by atoms with Gasteiger partial charge in [0.1, 0.15) is 0 Å². The van der Waals surface area contributed by atoms with E-state index in [1.165, 1.54) is 0 Å². The highest BCUT2D eigenvalue weighted by molar-refractivity contribution is 5.95. The molecule has 7 heteroatoms. The van der Waals surface area contributed by atoms with Crippen molar-refractivity contribution in [1.29, 1.82) is 0 Å². The van der Waals surface area contributed by atoms with E-state index in [9.17, 15) is 19.2 Å². The fraction of sp³-hybridized carbons (Fsp3) is 0.600. The number of carbonyl (C=O) groups is 4. The van der Waals surface area contributed by atoms with E-state index < -0.39 is 47.5 Å². The summed E-state index contributed by atoms with van der Waals surface area (Å²) >= 11 is 0. The number of aliphatic carboxylic acids is 2. The van der Waals surface area contributed by atoms with Crippen LogP contribution in [0.4, 0.5) is 0 Å². The van der Waals surface area contributed by atoms with Crippen molar-refractivity contribution in [1.82, 2.24) is 0 Å². The SMILES string of the molecule is O=C(O)C1CC1C(=O)OC(=O)[C@@H]1CC1C(=O)O. The monoisotopic (exact) mass is 242 g/mol. The first-order chi connectivity index (χ1) is 7.91. The van der Waals surface area contributed by atoms with Crippen molar-refractivity contribution in [3.63, 3.8) is 0 Å². The lowest BCUT2D eigenvalue weighted by atomic mass is 10.3. The highest BCUT2D eigenvalue weighted by atomic mass is 16.6. The number of carbonyl (C=O) groups excluding carboxylic acids is 2. The molecule has 92 valence electrons. The van der Waals surface area contributed by atoms with Gasteiger partial charge in [0.2, 0.25) is 0 Å². The largest absolute Gasteiger partial charge is 0.481 e. The average Bonchev–Trinajstić information content (AvgIpc) is 3.10. The summed E-state index contributed by atoms with van der Waals surface area (Å²) in [5, 5.41) is 17.1. The van der Waals surface area contributed by atoms with Gasteiger partial charge in [-0.3, -0.25) is 19.2 Å². The van der Waals surface area contributed by atoms with Gasteiger partial charge in [0.15, 0.2) is 0 Å². The molecule has 2 rings (SSSR count). The molecular formula is C10H10O7. The van der Waals surface area contributed by atoms with Crippen LogP contribution in [0.3, 0.4) is 0 Å². The number of rotatable bonds is 4. The maximum Gasteiger partial charge on any atom is 0.317 e. The molecule has 2 N–H and O–H groups in total. The summed E-state index contributed by atoms with van der Waals surface area (Å²) in [7, 11) is 0. The van der Waals surface area contributed by atoms with Crippen LogP contribution in [-0.2, 0) is 23.9 Å². The van der Waals surface area contributed by atoms with Gasteiger partial charge in [-0.2, -0.15) is 0 Å². The number of carboxylic acids is 2. The smallest absolute Gasteiger partial charge is 0.317 e. The molecule has 0 aliphatic heterocycles. The molecule has 0 aromatic heterocycles. The molecule has 3 unspecified atom stereocenters. The van der Waals surface area contributed by atoms with Gasteiger partial charge in [0.25, 0.3) is 0 Å². The van der Waals surface area contributed by atoms with E-state index in [0.29, 0.717) is 0 Å². The van der Waals surface area contributed by atoms with Crippen molar-refractivity contribution in [3.8, 4) is 0 Å². The molecule has 0 saturated heterocycles. The van der Waals surface area contributed by atoms with E-state index in [1.807, 2.05) is 0 Å². The van der Waals surface area contributed by atoms with Crippen LogP contribution in [-0.4, -0.2) is 34.1 Å². The summed E-state index contributed by atoms with van der Waals surface area (Å²) in [5.41, 5.74) is 0. The van der Waals surface area contributed by atoms with Crippen molar-refractivity contribution in [2.45, 2.75) is 12.8 Å². The second kappa shape index (κ2) is 3.83. The second-order valence-electron chi connectivity index (χ2n) is 4.31. The predicted molar refractivity (Wildman–Crippen MR) is 49.6 cm³/mol. The Morgan fingerprint density at radius 2 is 1.12 bits per heavy atom. The molecular weight excluding hydrogens is 232 g/mol. The maximum absolute atomic E-state index is 11.3. The Hall–Kier alpha value is -1.92. The zero-order chi connectivity index (χ0) is 12.7. The normalized spacial score (nSPS) is 33.6. The Labute approximate surface area is 95.4 Å². The standard InChI is InChI=1S/C10H10O7/c11-7(12)3-1-5(3)9(15)17-10(16)6-2-4(6)8(13)14/h3-6H,1-2H2,(H,11,12)(H,13,14)/t3?,4?,5-,6?/m1/s1. The number of hydrogen-bond donors (Lipinski definition) is 2. The van der Waals surface area contributed by atoms with Crippen LogP contribution in [0, 0.1) is 23.7 Å². The van der Waals surface area contributed by atoms with Crippen LogP contribution in [0.5, 0.6) is 0 Å². The molecule has 2 aliphatic rings. The van der Waals surface area contributed by atoms with E-state index in [4.69, 9.17) is 10.2 Å². The van der Waals surface area contributed by atoms with E-state index in [0.717, 1.165) is 0 Å². The van der Waals surface area contributed by atoms with Gasteiger partial charge in [-0.15, -0.1) is 0 Å². The Kier molecular flexibility index (Phi) is 2.60. The molecule has 0 heterocycles. The van der Waals surface area contributed by atoms with Crippen LogP contribution in [0.1, 0.15) is 12.8 Å². The molecule has 4 atom stereocenters. The summed E-state index contributed by atoms with van der Waals surface area (Å²) in [6.45, 7) is 0. The lowest BCUT2D eigenvalue weighted by Gasteiger charge is -2.00. The first-order valence-electron chi connectivity index (χ1n) is 5.13. The number of esters is 2. The summed E-state index contributed by atoms with van der Waals surface area (Å²) < 4.78 is 4.45. The van der Waals surface area contributed by atoms with Crippen LogP contribution in [0.15, 0.2) is 0 Å². The fourth-order valence-electron chi connectivity index (χ4n) is 1.71. The van der Waals surface area contributed by atoms with Gasteiger partial charge in [-0.25, -0.2) is 0 Å². The van der Waals surface area contributed by atoms with Gasteiger partial charge in [0.05, 0.1) is 23.7 Å². The van der Waals surface area contributed by atoms with Gasteiger partial charge in [-0.1, -0.05) is 0 Å². The number of hydrogen-bond acceptors (Lipinski definition) is 5. The molecule has 0 bridgehead atoms. The van der Waals surface area contributed by atoms with Crippen molar-refractivity contribution in [2.75, 3.05) is 0 Å². The van der Waals surface area contributed by atoms with Crippen molar-refractivity contribution < 1.29 is 34.1 Å². The van der Waals surface area contributed by atoms with Crippen molar-refractivity contribution in [2.24, 2.45) is 23.7 Å². The summed E-state index contributed by atoms with van der Waals surface area (Å²) in [6.07, 6.45) is 0.350. The Morgan fingerprint density at radius 3 is 1.35 bits per heavy atom. The lowest BCUT2D eigenvalue weighted by molar-refractivity contribution is -0.163. The summed E-state index contributed by atoms with van der Waals surface area (Å²) in [4.78, 5) is 43.5. The zero-order valence-corrected chi connectivity index (χ0v) is 8.66. The van der Waals surface area contributed by atoms with E-state index >= 15 is 0 Å². The van der Waals surface area contributed by atoms with E-state index in [1.54, 1.807) is 0 Å². The minimum Gasteiger partial charge on any atom is -0.481 e. The van der Waals surface area contributed by atoms with Crippen LogP contribution in [0.2, 0.25) is 0 Å². The highest BCUT2D eigenvalue weighted by Gasteiger charge is 2.53. The van der Waals surface area contributed by atoms with Crippen LogP contribution < -0.4 is 0 Å². The van der Waals surface area contributed by atoms with E-state index in [2.05, 4.69) is 4.74 Å². The topological polar surface area (TPSA) is 118 Å². The molecule has 2 aliphatic carbocycles. The Morgan fingerprint density at radius 1 is 0.765 bits per heavy atom. The van der Waals surface area contributed by atoms with Crippen LogP contribution >= 0.6 is 0 Å². The molecule has 17 heavy (non-hydrogen) atoms. The minimum absolute atomic E-state index is 0.175. The lowest BCUT2D eigenvalue weighted by Crippen LogP contribution is -2.19. The number of carboxylic acid groups (broad SMARTS) is 2. The molecule has 7 nitrogen and oxygen atoms in total. The first kappa shape index (κ1) is 11.6. The second-order valence-corrected chi connectivity index (χ2v) is 4.31. The summed E-state index contributed by atoms with van der Waals surface area (Å²) in [5.74, 6) is -6.98. The Bertz CT molecular complexity index is 375. The highest BCUT2D eigenvalue weighted by Crippen LogP contribution is 2.42. The van der Waals surface area contributed by atoms with Gasteiger partial charge < -0.3 is 14.9 Å². The third-order valence-corrected chi connectivity index (χ3v) is 3.02. The quantitative estimate of drug-likeness (QED) is 0.503. The van der Waals surface area contributed by atoms with Gasteiger partial charge in [0, 0.05) is 0 Å². The predicted octanol–water partition coefficient (Wildman–Crippen LogP) is -0.502. The maximum atomic E-state index is 11.3.